The molecule has 2 N–H and O–H groups in total. The van der Waals surface area contributed by atoms with Gasteiger partial charge >= 0.3 is 5.97 Å². The second-order valence-electron chi connectivity index (χ2n) is 5.34. The maximum absolute atomic E-state index is 12.2. The molecule has 23 heavy (non-hydrogen) atoms. The number of carboxylic acids is 1. The number of carbonyl (C=O) groups is 1. The van der Waals surface area contributed by atoms with E-state index in [4.69, 9.17) is 5.11 Å². The Morgan fingerprint density at radius 1 is 1.13 bits per heavy atom. The van der Waals surface area contributed by atoms with Crippen LogP contribution in [-0.2, 0) is 10.0 Å². The van der Waals surface area contributed by atoms with Gasteiger partial charge in [0.15, 0.2) is 0 Å². The van der Waals surface area contributed by atoms with Crippen molar-refractivity contribution in [2.75, 3.05) is 0 Å². The van der Waals surface area contributed by atoms with E-state index in [0.717, 1.165) is 11.1 Å². The van der Waals surface area contributed by atoms with Crippen molar-refractivity contribution < 1.29 is 18.3 Å². The zero-order chi connectivity index (χ0) is 17.0. The SMILES string of the molecule is CCC(C)NS(=O)(=O)c1ccc(-c2cccc(C(=O)O)c2)cc1. The lowest BCUT2D eigenvalue weighted by molar-refractivity contribution is 0.0697. The molecule has 0 aliphatic heterocycles. The fourth-order valence-corrected chi connectivity index (χ4v) is 3.40. The third-order valence-corrected chi connectivity index (χ3v) is 5.18. The molecule has 1 unspecified atom stereocenters. The summed E-state index contributed by atoms with van der Waals surface area (Å²) in [5.74, 6) is -0.996. The Balaban J connectivity index is 2.29. The van der Waals surface area contributed by atoms with E-state index in [1.807, 2.05) is 13.8 Å². The van der Waals surface area contributed by atoms with Gasteiger partial charge in [0.05, 0.1) is 10.5 Å². The summed E-state index contributed by atoms with van der Waals surface area (Å²) in [5, 5.41) is 9.03. The molecule has 0 radical (unpaired) electrons. The topological polar surface area (TPSA) is 83.5 Å². The van der Waals surface area contributed by atoms with Crippen LogP contribution in [0, 0.1) is 0 Å². The van der Waals surface area contributed by atoms with Gasteiger partial charge < -0.3 is 5.11 Å². The quantitative estimate of drug-likeness (QED) is 0.851. The predicted molar refractivity (Wildman–Crippen MR) is 88.9 cm³/mol. The minimum Gasteiger partial charge on any atom is -0.478 e. The molecule has 0 aliphatic rings. The molecule has 0 saturated carbocycles. The van der Waals surface area contributed by atoms with Crippen LogP contribution in [0.3, 0.4) is 0 Å². The molecule has 2 aromatic carbocycles. The second-order valence-corrected chi connectivity index (χ2v) is 7.05. The zero-order valence-corrected chi connectivity index (χ0v) is 13.8. The average Bonchev–Trinajstić information content (AvgIpc) is 2.54. The highest BCUT2D eigenvalue weighted by Crippen LogP contribution is 2.22. The van der Waals surface area contributed by atoms with Crippen LogP contribution in [0.4, 0.5) is 0 Å². The van der Waals surface area contributed by atoms with Gasteiger partial charge in [-0.15, -0.1) is 0 Å². The Hall–Kier alpha value is -2.18. The Morgan fingerprint density at radius 2 is 1.78 bits per heavy atom. The van der Waals surface area contributed by atoms with Gasteiger partial charge in [-0.05, 0) is 48.7 Å². The number of aromatic carboxylic acids is 1. The zero-order valence-electron chi connectivity index (χ0n) is 13.0. The highest BCUT2D eigenvalue weighted by Gasteiger charge is 2.16. The number of carboxylic acid groups (broad SMARTS) is 1. The standard InChI is InChI=1S/C17H19NO4S/c1-3-12(2)18-23(21,22)16-9-7-13(8-10-16)14-5-4-6-15(11-14)17(19)20/h4-12,18H,3H2,1-2H3,(H,19,20). The van der Waals surface area contributed by atoms with Crippen LogP contribution in [0.1, 0.15) is 30.6 Å². The van der Waals surface area contributed by atoms with Crippen LogP contribution in [0.25, 0.3) is 11.1 Å². The molecule has 0 aliphatic carbocycles. The highest BCUT2D eigenvalue weighted by atomic mass is 32.2. The van der Waals surface area contributed by atoms with Crippen LogP contribution in [0.2, 0.25) is 0 Å². The summed E-state index contributed by atoms with van der Waals surface area (Å²) in [6, 6.07) is 12.8. The van der Waals surface area contributed by atoms with Gasteiger partial charge in [0.2, 0.25) is 10.0 Å². The van der Waals surface area contributed by atoms with Crippen LogP contribution in [-0.4, -0.2) is 25.5 Å². The number of sulfonamides is 1. The lowest BCUT2D eigenvalue weighted by Crippen LogP contribution is -2.31. The van der Waals surface area contributed by atoms with E-state index in [1.54, 1.807) is 30.3 Å². The summed E-state index contributed by atoms with van der Waals surface area (Å²) >= 11 is 0. The van der Waals surface area contributed by atoms with Gasteiger partial charge in [-0.1, -0.05) is 31.2 Å². The molecular formula is C17H19NO4S. The van der Waals surface area contributed by atoms with Crippen molar-refractivity contribution in [1.82, 2.24) is 4.72 Å². The van der Waals surface area contributed by atoms with Gasteiger partial charge in [0, 0.05) is 6.04 Å². The first-order valence-electron chi connectivity index (χ1n) is 7.29. The van der Waals surface area contributed by atoms with Gasteiger partial charge in [0.1, 0.15) is 0 Å². The highest BCUT2D eigenvalue weighted by molar-refractivity contribution is 7.89. The average molecular weight is 333 g/mol. The van der Waals surface area contributed by atoms with Crippen molar-refractivity contribution in [1.29, 1.82) is 0 Å². The van der Waals surface area contributed by atoms with E-state index >= 15 is 0 Å². The Bertz CT molecular complexity index is 798. The Morgan fingerprint density at radius 3 is 2.35 bits per heavy atom. The molecule has 0 aromatic heterocycles. The molecule has 122 valence electrons. The summed E-state index contributed by atoms with van der Waals surface area (Å²) in [7, 11) is -3.54. The molecule has 0 spiro atoms. The van der Waals surface area contributed by atoms with E-state index in [9.17, 15) is 13.2 Å². The van der Waals surface area contributed by atoms with Crippen molar-refractivity contribution in [3.05, 3.63) is 54.1 Å². The lowest BCUT2D eigenvalue weighted by Gasteiger charge is -2.12. The smallest absolute Gasteiger partial charge is 0.335 e. The summed E-state index contributed by atoms with van der Waals surface area (Å²) in [4.78, 5) is 11.2. The predicted octanol–water partition coefficient (Wildman–Crippen LogP) is 3.13. The molecule has 6 heteroatoms. The largest absolute Gasteiger partial charge is 0.478 e. The van der Waals surface area contributed by atoms with E-state index in [2.05, 4.69) is 4.72 Å². The van der Waals surface area contributed by atoms with Crippen molar-refractivity contribution >= 4 is 16.0 Å². The fourth-order valence-electron chi connectivity index (χ4n) is 2.07. The summed E-state index contributed by atoms with van der Waals surface area (Å²) in [6.07, 6.45) is 0.708. The van der Waals surface area contributed by atoms with Crippen molar-refractivity contribution in [2.45, 2.75) is 31.2 Å². The molecule has 0 saturated heterocycles. The molecule has 5 nitrogen and oxygen atoms in total. The summed E-state index contributed by atoms with van der Waals surface area (Å²) < 4.78 is 27.0. The third-order valence-electron chi connectivity index (χ3n) is 3.58. The number of nitrogens with one attached hydrogen (secondary N) is 1. The lowest BCUT2D eigenvalue weighted by atomic mass is 10.0. The van der Waals surface area contributed by atoms with E-state index in [1.165, 1.54) is 18.2 Å². The monoisotopic (exact) mass is 333 g/mol. The number of benzene rings is 2. The molecular weight excluding hydrogens is 314 g/mol. The second kappa shape index (κ2) is 6.93. The molecule has 2 aromatic rings. The number of hydrogen-bond acceptors (Lipinski definition) is 3. The van der Waals surface area contributed by atoms with Gasteiger partial charge in [-0.25, -0.2) is 17.9 Å². The van der Waals surface area contributed by atoms with Crippen LogP contribution in [0.5, 0.6) is 0 Å². The normalized spacial score (nSPS) is 12.8. The Kier molecular flexibility index (Phi) is 5.18. The summed E-state index contributed by atoms with van der Waals surface area (Å²) in [6.45, 7) is 3.72. The molecule has 0 heterocycles. The van der Waals surface area contributed by atoms with Gasteiger partial charge in [0.25, 0.3) is 0 Å². The molecule has 0 fully saturated rings. The fraction of sp³-hybridized carbons (Fsp3) is 0.235. The van der Waals surface area contributed by atoms with Crippen LogP contribution >= 0.6 is 0 Å². The van der Waals surface area contributed by atoms with E-state index < -0.39 is 16.0 Å². The Labute approximate surface area is 136 Å². The summed E-state index contributed by atoms with van der Waals surface area (Å²) in [5.41, 5.74) is 1.68. The van der Waals surface area contributed by atoms with Crippen LogP contribution in [0.15, 0.2) is 53.4 Å². The van der Waals surface area contributed by atoms with Crippen LogP contribution < -0.4 is 4.72 Å². The molecule has 1 atom stereocenters. The molecule has 2 rings (SSSR count). The first-order chi connectivity index (χ1) is 10.8. The van der Waals surface area contributed by atoms with Crippen molar-refractivity contribution in [2.24, 2.45) is 0 Å². The van der Waals surface area contributed by atoms with Crippen molar-refractivity contribution in [3.8, 4) is 11.1 Å². The van der Waals surface area contributed by atoms with Gasteiger partial charge in [-0.3, -0.25) is 0 Å². The minimum absolute atomic E-state index is 0.132. The molecule has 0 amide bonds. The maximum atomic E-state index is 12.2. The first kappa shape index (κ1) is 17.2. The first-order valence-corrected chi connectivity index (χ1v) is 8.78. The van der Waals surface area contributed by atoms with E-state index in [-0.39, 0.29) is 16.5 Å². The number of rotatable bonds is 6. The minimum atomic E-state index is -3.54. The third kappa shape index (κ3) is 4.18. The van der Waals surface area contributed by atoms with Crippen molar-refractivity contribution in [3.63, 3.8) is 0 Å². The van der Waals surface area contributed by atoms with E-state index in [0.29, 0.717) is 6.42 Å². The number of hydrogen-bond donors (Lipinski definition) is 2. The van der Waals surface area contributed by atoms with Gasteiger partial charge in [-0.2, -0.15) is 0 Å². The maximum Gasteiger partial charge on any atom is 0.335 e. The molecule has 0 bridgehead atoms.